The molecule has 4 nitrogen and oxygen atoms in total. The highest BCUT2D eigenvalue weighted by atomic mass is 32.2. The molecule has 0 unspecified atom stereocenters. The monoisotopic (exact) mass is 295 g/mol. The molecule has 1 aromatic rings. The minimum absolute atomic E-state index is 0.0562. The van der Waals surface area contributed by atoms with Crippen LogP contribution in [0.15, 0.2) is 29.2 Å². The van der Waals surface area contributed by atoms with Crippen LogP contribution in [0.4, 0.5) is 0 Å². The zero-order valence-corrected chi connectivity index (χ0v) is 13.3. The molecule has 0 atom stereocenters. The van der Waals surface area contributed by atoms with Gasteiger partial charge < -0.3 is 0 Å². The van der Waals surface area contributed by atoms with E-state index in [1.54, 1.807) is 12.1 Å². The summed E-state index contributed by atoms with van der Waals surface area (Å²) in [4.78, 5) is 11.4. The lowest BCUT2D eigenvalue weighted by atomic mass is 10.0. The van der Waals surface area contributed by atoms with Crippen LogP contribution in [0.3, 0.4) is 0 Å². The van der Waals surface area contributed by atoms with Crippen molar-refractivity contribution >= 4 is 15.8 Å². The van der Waals surface area contributed by atoms with Gasteiger partial charge in [0.25, 0.3) is 0 Å². The van der Waals surface area contributed by atoms with Gasteiger partial charge in [0.15, 0.2) is 5.78 Å². The summed E-state index contributed by atoms with van der Waals surface area (Å²) in [5, 5.41) is 0. The second-order valence-electron chi connectivity index (χ2n) is 6.58. The number of carbonyl (C=O) groups is 1. The smallest absolute Gasteiger partial charge is 0.240 e. The zero-order valence-electron chi connectivity index (χ0n) is 12.5. The molecular weight excluding hydrogens is 274 g/mol. The second-order valence-corrected chi connectivity index (χ2v) is 8.29. The van der Waals surface area contributed by atoms with Gasteiger partial charge in [0, 0.05) is 11.6 Å². The summed E-state index contributed by atoms with van der Waals surface area (Å²) in [6.07, 6.45) is 0. The van der Waals surface area contributed by atoms with Gasteiger partial charge in [-0.05, 0) is 29.9 Å². The highest BCUT2D eigenvalue weighted by Gasteiger charge is 2.65. The van der Waals surface area contributed by atoms with Crippen molar-refractivity contribution in [3.63, 3.8) is 0 Å². The van der Waals surface area contributed by atoms with Gasteiger partial charge in [-0.15, -0.1) is 0 Å². The van der Waals surface area contributed by atoms with Crippen LogP contribution in [0.1, 0.15) is 45.0 Å². The summed E-state index contributed by atoms with van der Waals surface area (Å²) in [7, 11) is -3.54. The van der Waals surface area contributed by atoms with Gasteiger partial charge in [0.2, 0.25) is 10.0 Å². The Balaban J connectivity index is 2.22. The number of benzene rings is 1. The van der Waals surface area contributed by atoms with Crippen molar-refractivity contribution in [2.45, 2.75) is 45.6 Å². The van der Waals surface area contributed by atoms with Gasteiger partial charge in [-0.25, -0.2) is 13.1 Å². The fourth-order valence-corrected chi connectivity index (χ4v) is 4.11. The maximum absolute atomic E-state index is 12.3. The van der Waals surface area contributed by atoms with E-state index in [-0.39, 0.29) is 27.6 Å². The van der Waals surface area contributed by atoms with Crippen molar-refractivity contribution < 1.29 is 13.2 Å². The van der Waals surface area contributed by atoms with E-state index < -0.39 is 10.0 Å². The van der Waals surface area contributed by atoms with E-state index >= 15 is 0 Å². The van der Waals surface area contributed by atoms with Crippen molar-refractivity contribution in [3.8, 4) is 0 Å². The summed E-state index contributed by atoms with van der Waals surface area (Å²) in [6, 6.07) is 5.95. The van der Waals surface area contributed by atoms with E-state index in [1.165, 1.54) is 19.1 Å². The molecule has 110 valence electrons. The SMILES string of the molecule is CC(=O)c1ccc(S(=O)(=O)NC2C(C)(C)C2(C)C)cc1. The van der Waals surface area contributed by atoms with E-state index in [9.17, 15) is 13.2 Å². The molecule has 0 spiro atoms. The minimum atomic E-state index is -3.54. The number of hydrogen-bond donors (Lipinski definition) is 1. The van der Waals surface area contributed by atoms with E-state index in [2.05, 4.69) is 32.4 Å². The first-order chi connectivity index (χ1) is 9.00. The lowest BCUT2D eigenvalue weighted by Gasteiger charge is -2.08. The van der Waals surface area contributed by atoms with Crippen molar-refractivity contribution in [2.24, 2.45) is 10.8 Å². The highest BCUT2D eigenvalue weighted by Crippen LogP contribution is 2.62. The number of Topliss-reactive ketones (excluding diaryl/α,β-unsaturated/α-hetero) is 1. The van der Waals surface area contributed by atoms with Crippen molar-refractivity contribution in [3.05, 3.63) is 29.8 Å². The molecule has 0 heterocycles. The summed E-state index contributed by atoms with van der Waals surface area (Å²) in [5.41, 5.74) is 0.398. The first kappa shape index (κ1) is 15.2. The molecule has 0 saturated heterocycles. The predicted octanol–water partition coefficient (Wildman–Crippen LogP) is 2.60. The fraction of sp³-hybridized carbons (Fsp3) is 0.533. The molecule has 0 bridgehead atoms. The van der Waals surface area contributed by atoms with Crippen LogP contribution in [0.25, 0.3) is 0 Å². The largest absolute Gasteiger partial charge is 0.295 e. The third kappa shape index (κ3) is 2.29. The molecule has 1 N–H and O–H groups in total. The van der Waals surface area contributed by atoms with Crippen molar-refractivity contribution in [2.75, 3.05) is 0 Å². The Labute approximate surface area is 120 Å². The van der Waals surface area contributed by atoms with Crippen LogP contribution in [0, 0.1) is 10.8 Å². The average Bonchev–Trinajstić information content (AvgIpc) is 2.71. The van der Waals surface area contributed by atoms with Gasteiger partial charge in [-0.2, -0.15) is 0 Å². The fourth-order valence-electron chi connectivity index (χ4n) is 2.58. The number of carbonyl (C=O) groups excluding carboxylic acids is 1. The number of hydrogen-bond acceptors (Lipinski definition) is 3. The molecule has 1 aromatic carbocycles. The van der Waals surface area contributed by atoms with Crippen LogP contribution in [-0.2, 0) is 10.0 Å². The Bertz CT molecular complexity index is 628. The van der Waals surface area contributed by atoms with E-state index in [0.29, 0.717) is 5.56 Å². The minimum Gasteiger partial charge on any atom is -0.295 e. The molecule has 2 rings (SSSR count). The topological polar surface area (TPSA) is 63.2 Å². The number of nitrogens with one attached hydrogen (secondary N) is 1. The summed E-state index contributed by atoms with van der Waals surface area (Å²) in [6.45, 7) is 9.67. The third-order valence-electron chi connectivity index (χ3n) is 4.86. The Morgan fingerprint density at radius 2 is 1.50 bits per heavy atom. The molecule has 1 fully saturated rings. The van der Waals surface area contributed by atoms with Crippen LogP contribution in [-0.4, -0.2) is 20.2 Å². The molecule has 0 radical (unpaired) electrons. The number of ketones is 1. The van der Waals surface area contributed by atoms with E-state index in [1.807, 2.05) is 0 Å². The van der Waals surface area contributed by atoms with Crippen LogP contribution in [0.5, 0.6) is 0 Å². The van der Waals surface area contributed by atoms with Gasteiger partial charge in [-0.3, -0.25) is 4.79 Å². The van der Waals surface area contributed by atoms with Crippen LogP contribution < -0.4 is 4.72 Å². The standard InChI is InChI=1S/C15H21NO3S/c1-10(17)11-6-8-12(9-7-11)20(18,19)16-13-14(2,3)15(13,4)5/h6-9,13,16H,1-5H3. The van der Waals surface area contributed by atoms with E-state index in [0.717, 1.165) is 0 Å². The quantitative estimate of drug-likeness (QED) is 0.868. The molecule has 20 heavy (non-hydrogen) atoms. The molecule has 1 aliphatic carbocycles. The number of sulfonamides is 1. The van der Waals surface area contributed by atoms with Crippen LogP contribution in [0.2, 0.25) is 0 Å². The second kappa shape index (κ2) is 4.40. The lowest BCUT2D eigenvalue weighted by molar-refractivity contribution is 0.101. The molecule has 1 saturated carbocycles. The molecule has 0 aliphatic heterocycles. The maximum Gasteiger partial charge on any atom is 0.240 e. The molecule has 0 aromatic heterocycles. The van der Waals surface area contributed by atoms with Crippen molar-refractivity contribution in [1.29, 1.82) is 0 Å². The van der Waals surface area contributed by atoms with Crippen LogP contribution >= 0.6 is 0 Å². The zero-order chi connectivity index (χ0) is 15.3. The van der Waals surface area contributed by atoms with Gasteiger partial charge in [0.1, 0.15) is 0 Å². The third-order valence-corrected chi connectivity index (χ3v) is 6.30. The number of rotatable bonds is 4. The van der Waals surface area contributed by atoms with Gasteiger partial charge >= 0.3 is 0 Å². The Hall–Kier alpha value is -1.20. The van der Waals surface area contributed by atoms with Crippen molar-refractivity contribution in [1.82, 2.24) is 4.72 Å². The first-order valence-electron chi connectivity index (χ1n) is 6.63. The van der Waals surface area contributed by atoms with Gasteiger partial charge in [0.05, 0.1) is 4.90 Å². The molecule has 1 aliphatic rings. The highest BCUT2D eigenvalue weighted by molar-refractivity contribution is 7.89. The van der Waals surface area contributed by atoms with E-state index in [4.69, 9.17) is 0 Å². The molecular formula is C15H21NO3S. The summed E-state index contributed by atoms with van der Waals surface area (Å²) >= 11 is 0. The Kier molecular flexibility index (Phi) is 3.34. The maximum atomic E-state index is 12.3. The predicted molar refractivity (Wildman–Crippen MR) is 78.1 cm³/mol. The summed E-state index contributed by atoms with van der Waals surface area (Å²) < 4.78 is 27.4. The van der Waals surface area contributed by atoms with Gasteiger partial charge in [-0.1, -0.05) is 39.8 Å². The molecule has 5 heteroatoms. The lowest BCUT2D eigenvalue weighted by Crippen LogP contribution is -2.29. The first-order valence-corrected chi connectivity index (χ1v) is 8.12. The normalized spacial score (nSPS) is 20.6. The molecule has 0 amide bonds. The Morgan fingerprint density at radius 3 is 1.85 bits per heavy atom. The Morgan fingerprint density at radius 1 is 1.05 bits per heavy atom. The summed E-state index contributed by atoms with van der Waals surface area (Å²) in [5.74, 6) is -0.0774. The average molecular weight is 295 g/mol.